The van der Waals surface area contributed by atoms with E-state index in [4.69, 9.17) is 24.3 Å². The summed E-state index contributed by atoms with van der Waals surface area (Å²) in [6, 6.07) is 72.8. The second-order valence-electron chi connectivity index (χ2n) is 33.4. The molecule has 0 bridgehead atoms. The summed E-state index contributed by atoms with van der Waals surface area (Å²) >= 11 is 0. The van der Waals surface area contributed by atoms with Crippen molar-refractivity contribution in [3.8, 4) is 23.0 Å². The van der Waals surface area contributed by atoms with Crippen LogP contribution in [-0.2, 0) is 78.0 Å². The Morgan fingerprint density at radius 2 is 0.791 bits per heavy atom. The minimum Gasteiger partial charge on any atom is -0.507 e. The monoisotopic (exact) mass is 1670 g/mol. The van der Waals surface area contributed by atoms with Crippen LogP contribution in [0.15, 0.2) is 249 Å². The van der Waals surface area contributed by atoms with Gasteiger partial charge in [0.1, 0.15) is 22.7 Å². The van der Waals surface area contributed by atoms with Crippen molar-refractivity contribution in [3.05, 3.63) is 359 Å². The number of nitrogens with zero attached hydrogens (tertiary/aromatic N) is 1. The maximum absolute atomic E-state index is 10.4. The number of para-hydroxylation sites is 2. The molecule has 2 fully saturated rings. The van der Waals surface area contributed by atoms with E-state index < -0.39 is 0 Å². The third-order valence-corrected chi connectivity index (χ3v) is 17.1. The number of phenolic OH excluding ortho intramolecular Hbond substituents is 1. The van der Waals surface area contributed by atoms with E-state index in [0.29, 0.717) is 12.4 Å². The topological polar surface area (TPSA) is 80.5 Å². The van der Waals surface area contributed by atoms with Crippen molar-refractivity contribution in [2.45, 2.75) is 257 Å². The molecule has 0 aliphatic heterocycles. The summed E-state index contributed by atoms with van der Waals surface area (Å²) in [4.78, 5) is 5.04. The minimum atomic E-state index is -0.215. The summed E-state index contributed by atoms with van der Waals surface area (Å²) in [5, 5.41) is 18.5. The van der Waals surface area contributed by atoms with Crippen LogP contribution in [0, 0.1) is 75.7 Å². The number of unbranched alkanes of at least 4 members (excludes halogenated alkanes) is 1. The Hall–Kier alpha value is -7.63. The van der Waals surface area contributed by atoms with Gasteiger partial charge in [-0.25, -0.2) is 0 Å². The van der Waals surface area contributed by atoms with Crippen LogP contribution in [0.3, 0.4) is 0 Å². The fourth-order valence-electron chi connectivity index (χ4n) is 11.0. The maximum Gasteiger partial charge on any atom is 3.00 e. The Labute approximate surface area is 740 Å². The van der Waals surface area contributed by atoms with Crippen LogP contribution in [0.1, 0.15) is 260 Å². The Morgan fingerprint density at radius 1 is 0.443 bits per heavy atom. The molecule has 0 atom stereocenters. The average molecular weight is 1670 g/mol. The van der Waals surface area contributed by atoms with Crippen LogP contribution in [0.5, 0.6) is 23.0 Å². The van der Waals surface area contributed by atoms with Crippen LogP contribution in [0.4, 0.5) is 5.69 Å². The summed E-state index contributed by atoms with van der Waals surface area (Å²) in [5.41, 5.74) is 17.0. The zero-order chi connectivity index (χ0) is 83.5. The van der Waals surface area contributed by atoms with Gasteiger partial charge in [0.05, 0.1) is 12.8 Å². The van der Waals surface area contributed by atoms with Gasteiger partial charge in [0.2, 0.25) is 0 Å². The molecule has 2 aliphatic carbocycles. The molecule has 2 radical (unpaired) electrons. The number of aryl methyl sites for hydroxylation is 4. The fraction of sp³-hybridized carbons (Fsp3) is 0.393. The quantitative estimate of drug-likeness (QED) is 0.0551. The van der Waals surface area contributed by atoms with Gasteiger partial charge in [-0.15, -0.1) is 61.7 Å². The van der Waals surface area contributed by atoms with Crippen molar-refractivity contribution in [3.63, 3.8) is 0 Å². The predicted molar refractivity (Wildman–Crippen MR) is 500 cm³/mol. The smallest absolute Gasteiger partial charge is 0.507 e. The second-order valence-corrected chi connectivity index (χ2v) is 33.4. The molecular formula is C107H153NO5TiZr. The number of allylic oxidation sites excluding steroid dienone is 2. The molecule has 6 nitrogen and oxygen atoms in total. The van der Waals surface area contributed by atoms with Crippen molar-refractivity contribution in [1.82, 2.24) is 0 Å². The first-order valence-corrected chi connectivity index (χ1v) is 40.3. The van der Waals surface area contributed by atoms with Crippen LogP contribution < -0.4 is 14.2 Å². The van der Waals surface area contributed by atoms with Crippen molar-refractivity contribution < 1.29 is 72.3 Å². The van der Waals surface area contributed by atoms with E-state index in [0.717, 1.165) is 88.4 Å². The van der Waals surface area contributed by atoms with Crippen molar-refractivity contribution in [2.75, 3.05) is 13.7 Å². The minimum absolute atomic E-state index is 0. The van der Waals surface area contributed by atoms with Gasteiger partial charge in [-0.2, -0.15) is 98.5 Å². The van der Waals surface area contributed by atoms with Gasteiger partial charge in [0.25, 0.3) is 0 Å². The molecule has 0 spiro atoms. The molecule has 624 valence electrons. The number of methoxy groups -OCH3 is 1. The van der Waals surface area contributed by atoms with E-state index >= 15 is 0 Å². The predicted octanol–water partition coefficient (Wildman–Crippen LogP) is 30.5. The molecule has 9 aromatic carbocycles. The summed E-state index contributed by atoms with van der Waals surface area (Å²) in [6.45, 7) is 65.0. The van der Waals surface area contributed by atoms with Crippen LogP contribution in [0.25, 0.3) is 0 Å². The van der Waals surface area contributed by atoms with E-state index in [1.54, 1.807) is 7.11 Å². The summed E-state index contributed by atoms with van der Waals surface area (Å²) in [7, 11) is 1.66. The van der Waals surface area contributed by atoms with Gasteiger partial charge in [-0.05, 0) is 156 Å². The standard InChI is InChI=1S/C20H25N.C15H24O.C14H20O2.C14H20O.4C7H7.2C5H10.C4H10O.2CH3.Ti.Zr/c1-15-10-9-11-16(2)19(15)21-18(20(3,4)5)14-17-12-7-6-8-13-17;1-10-8-11(14(2,3)4)13(16)12(9-10)15(5,6)7;1-6-7-11-8-9-12(13(10-11)15-5)16-14(2,3)4;1-6-8-12-10-7-9-11(2)13(12)15-14(3,4)5;4*1-7-5-3-2-4-6-7;2*1-2-4-5-3-1;1-2-3-4-5;;;;/h6-13H,14H2,1-5H3;8-9,16H,1-7H3;6,8-10H,1,7H2,2-5H3;6-7,9-10H,1,8H2,2-5H3;4*2-6H,1H2;2*1-5H2;5H,2-4H2,1H3;2*1H3;;/q;;;;4*-1;;;;2*-1;2*+3. The Bertz CT molecular complexity index is 3690. The zero-order valence-electron chi connectivity index (χ0n) is 76.1. The first-order chi connectivity index (χ1) is 52.3. The molecule has 0 saturated heterocycles. The number of hydrogen-bond donors (Lipinski definition) is 2. The average Bonchev–Trinajstić information content (AvgIpc) is 1.26. The molecule has 2 aliphatic rings. The molecule has 0 heterocycles. The number of aliphatic hydroxyl groups excluding tert-OH is 1. The zero-order valence-corrected chi connectivity index (χ0v) is 80.1. The van der Waals surface area contributed by atoms with E-state index in [1.807, 2.05) is 172 Å². The number of hydrogen-bond acceptors (Lipinski definition) is 6. The first-order valence-electron chi connectivity index (χ1n) is 40.3. The molecule has 9 aromatic rings. The molecule has 11 rings (SSSR count). The largest absolute Gasteiger partial charge is 3.00 e. The number of aliphatic hydroxyl groups is 1. The first kappa shape index (κ1) is 114. The van der Waals surface area contributed by atoms with Crippen LogP contribution in [-0.4, -0.2) is 40.8 Å². The van der Waals surface area contributed by atoms with E-state index in [-0.39, 0.29) is 90.2 Å². The summed E-state index contributed by atoms with van der Waals surface area (Å²) in [6.07, 6.45) is 23.4. The molecule has 8 heteroatoms. The summed E-state index contributed by atoms with van der Waals surface area (Å²) in [5.74, 6) is 3.02. The Balaban J connectivity index is -0.000000607. The SMILES string of the molecule is C1CCCC1.C1CCCC1.C=CCc1ccc(OC(C)(C)C)c(OC)c1.C=CCc1cccc(C)c1OC(C)(C)C.CCCCO.Cc1cc(C(C)(C)C)c(O)c(C(C)(C)C)c1.Cc1cccc(C)c1N=C(Cc1ccccc1)C(C)(C)C.[CH2-]c1ccccc1.[CH2-]c1ccccc1.[CH2-]c1ccccc1.[CH2-]c1ccccc1.[CH3-].[CH3-].[Ti+3].[Zr+3]. The number of aromatic hydroxyl groups is 1. The Morgan fingerprint density at radius 3 is 1.08 bits per heavy atom. The van der Waals surface area contributed by atoms with Crippen molar-refractivity contribution in [1.29, 1.82) is 0 Å². The molecule has 0 amide bonds. The van der Waals surface area contributed by atoms with Crippen LogP contribution in [0.2, 0.25) is 0 Å². The molecule has 2 saturated carbocycles. The molecule has 2 N–H and O–H groups in total. The maximum atomic E-state index is 10.4. The van der Waals surface area contributed by atoms with Gasteiger partial charge < -0.3 is 39.3 Å². The van der Waals surface area contributed by atoms with Gasteiger partial charge >= 0.3 is 47.9 Å². The van der Waals surface area contributed by atoms with Gasteiger partial charge in [0, 0.05) is 24.2 Å². The number of phenols is 1. The van der Waals surface area contributed by atoms with Crippen molar-refractivity contribution in [2.24, 2.45) is 10.4 Å². The van der Waals surface area contributed by atoms with E-state index in [2.05, 4.69) is 237 Å². The van der Waals surface area contributed by atoms with E-state index in [9.17, 15) is 5.11 Å². The van der Waals surface area contributed by atoms with Gasteiger partial charge in [-0.1, -0.05) is 267 Å². The fourth-order valence-corrected chi connectivity index (χ4v) is 11.0. The molecule has 0 unspecified atom stereocenters. The van der Waals surface area contributed by atoms with Gasteiger partial charge in [0.15, 0.2) is 11.5 Å². The van der Waals surface area contributed by atoms with E-state index in [1.165, 1.54) is 109 Å². The van der Waals surface area contributed by atoms with Crippen LogP contribution >= 0.6 is 0 Å². The summed E-state index contributed by atoms with van der Waals surface area (Å²) < 4.78 is 17.1. The normalized spacial score (nSPS) is 11.6. The molecular weight excluding hydrogens is 1520 g/mol. The number of rotatable bonds is 12. The van der Waals surface area contributed by atoms with Crippen molar-refractivity contribution >= 4 is 11.4 Å². The second kappa shape index (κ2) is 62.6. The molecule has 115 heavy (non-hydrogen) atoms. The third-order valence-electron chi connectivity index (χ3n) is 17.1. The number of ether oxygens (including phenoxy) is 3. The van der Waals surface area contributed by atoms with Gasteiger partial charge in [-0.3, -0.25) is 4.99 Å². The molecule has 0 aromatic heterocycles. The number of aliphatic imine (C=N–C) groups is 1. The number of benzene rings is 9. The third kappa shape index (κ3) is 54.8. The Kier molecular flexibility index (Phi) is 61.9.